The van der Waals surface area contributed by atoms with E-state index >= 15 is 0 Å². The van der Waals surface area contributed by atoms with E-state index < -0.39 is 79.1 Å². The minimum absolute atomic E-state index is 0.108. The Morgan fingerprint density at radius 1 is 0.735 bits per heavy atom. The van der Waals surface area contributed by atoms with Crippen LogP contribution in [0.4, 0.5) is 0 Å². The zero-order valence-corrected chi connectivity index (χ0v) is 18.9. The molecule has 0 aromatic rings. The van der Waals surface area contributed by atoms with Crippen LogP contribution >= 0.6 is 0 Å². The van der Waals surface area contributed by atoms with E-state index in [0.29, 0.717) is 0 Å². The molecule has 2 unspecified atom stereocenters. The molecular weight excluding hydrogens is 512 g/mol. The lowest BCUT2D eigenvalue weighted by molar-refractivity contribution is -0.172. The molecule has 0 aromatic carbocycles. The van der Waals surface area contributed by atoms with Crippen LogP contribution in [-0.2, 0) is 57.4 Å². The standard InChI is InChI=1S/C16H20N2O14S2/c19-11-7-9(15(23)17(11)25)33(27,28)31-13(21)5-3-1-2-4-6-14(22)32-34(29,30)10-8-12(20)18(26)16(10)24/h9-10,25-26H,1-8H2/i21+2,22+2. The first kappa shape index (κ1) is 27.3. The third-order valence-electron chi connectivity index (χ3n) is 4.79. The van der Waals surface area contributed by atoms with E-state index in [2.05, 4.69) is 8.37 Å². The minimum Gasteiger partial charge on any atom is -0.345 e. The van der Waals surface area contributed by atoms with Gasteiger partial charge in [-0.25, -0.2) is 0 Å². The highest BCUT2D eigenvalue weighted by molar-refractivity contribution is 7.89. The van der Waals surface area contributed by atoms with Crippen LogP contribution < -0.4 is 0 Å². The Hall–Kier alpha value is -2.96. The van der Waals surface area contributed by atoms with Gasteiger partial charge in [-0.15, -0.1) is 0 Å². The van der Waals surface area contributed by atoms with Crippen LogP contribution in [0, 0.1) is 0 Å². The molecule has 0 radical (unpaired) electrons. The number of unbranched alkanes of at least 4 members (excludes halogenated alkanes) is 3. The van der Waals surface area contributed by atoms with Gasteiger partial charge in [-0.2, -0.15) is 27.0 Å². The average molecular weight is 532 g/mol. The molecule has 2 saturated heterocycles. The maximum absolute atomic E-state index is 11.9. The number of carbonyl (C=O) groups is 6. The molecular formula is C16H20N2O14S2. The monoisotopic (exact) mass is 532 g/mol. The number of amides is 4. The highest BCUT2D eigenvalue weighted by atomic mass is 32.2. The second-order valence-corrected chi connectivity index (χ2v) is 10.7. The van der Waals surface area contributed by atoms with Gasteiger partial charge in [0.2, 0.25) is 0 Å². The van der Waals surface area contributed by atoms with Crippen LogP contribution in [0.3, 0.4) is 0 Å². The summed E-state index contributed by atoms with van der Waals surface area (Å²) >= 11 is 0. The molecule has 2 atom stereocenters. The van der Waals surface area contributed by atoms with Gasteiger partial charge in [0, 0.05) is 12.8 Å². The summed E-state index contributed by atoms with van der Waals surface area (Å²) in [7, 11) is -9.54. The molecule has 2 aliphatic rings. The van der Waals surface area contributed by atoms with Gasteiger partial charge in [0.25, 0.3) is 23.6 Å². The molecule has 2 heterocycles. The highest BCUT2D eigenvalue weighted by Gasteiger charge is 2.49. The third-order valence-corrected chi connectivity index (χ3v) is 7.75. The topological polar surface area (TPSA) is 236 Å². The van der Waals surface area contributed by atoms with Crippen molar-refractivity contribution >= 4 is 55.8 Å². The van der Waals surface area contributed by atoms with Gasteiger partial charge >= 0.3 is 32.2 Å². The molecule has 190 valence electrons. The summed E-state index contributed by atoms with van der Waals surface area (Å²) < 4.78 is 56.2. The lowest BCUT2D eigenvalue weighted by Crippen LogP contribution is -2.34. The number of hydrogen-bond donors (Lipinski definition) is 2. The molecule has 2 fully saturated rings. The summed E-state index contributed by atoms with van der Waals surface area (Å²) in [6.07, 6.45) is -1.70. The van der Waals surface area contributed by atoms with Crippen molar-refractivity contribution in [3.8, 4) is 0 Å². The fourth-order valence-electron chi connectivity index (χ4n) is 2.99. The normalized spacial score (nSPS) is 21.4. The Morgan fingerprint density at radius 3 is 1.32 bits per heavy atom. The molecule has 34 heavy (non-hydrogen) atoms. The van der Waals surface area contributed by atoms with Gasteiger partial charge in [-0.1, -0.05) is 12.8 Å². The van der Waals surface area contributed by atoms with Crippen LogP contribution in [0.15, 0.2) is 0 Å². The second-order valence-electron chi connectivity index (χ2n) is 7.28. The summed E-state index contributed by atoms with van der Waals surface area (Å²) in [6, 6.07) is 0. The van der Waals surface area contributed by atoms with Gasteiger partial charge in [0.15, 0.2) is 10.5 Å². The number of imide groups is 2. The SMILES string of the molecule is O=C1CC(S(=O)(=O)OC(=[18O])CCCCCCC(=[18O])OS(=O)(=O)C2CC(=O)N(O)C2=O)C(=O)N1O. The number of hydroxylamine groups is 4. The summed E-state index contributed by atoms with van der Waals surface area (Å²) in [5.74, 6) is -7.56. The zero-order valence-electron chi connectivity index (χ0n) is 17.3. The van der Waals surface area contributed by atoms with Gasteiger partial charge in [-0.05, 0) is 12.8 Å². The molecule has 0 aliphatic carbocycles. The second kappa shape index (κ2) is 10.5. The Morgan fingerprint density at radius 2 is 1.06 bits per heavy atom. The van der Waals surface area contributed by atoms with Crippen LogP contribution in [0.25, 0.3) is 0 Å². The first-order valence-corrected chi connectivity index (χ1v) is 12.6. The van der Waals surface area contributed by atoms with Gasteiger partial charge in [-0.3, -0.25) is 39.2 Å². The predicted molar refractivity (Wildman–Crippen MR) is 102 cm³/mol. The first-order chi connectivity index (χ1) is 15.7. The molecule has 0 saturated carbocycles. The summed E-state index contributed by atoms with van der Waals surface area (Å²) in [5, 5.41) is 13.4. The quantitative estimate of drug-likeness (QED) is 0.0972. The smallest absolute Gasteiger partial charge is 0.324 e. The highest BCUT2D eigenvalue weighted by Crippen LogP contribution is 2.22. The largest absolute Gasteiger partial charge is 0.345 e. The van der Waals surface area contributed by atoms with Crippen molar-refractivity contribution in [2.75, 3.05) is 0 Å². The van der Waals surface area contributed by atoms with Crippen LogP contribution in [0.5, 0.6) is 0 Å². The van der Waals surface area contributed by atoms with Crippen molar-refractivity contribution in [2.24, 2.45) is 0 Å². The van der Waals surface area contributed by atoms with Crippen LogP contribution in [-0.4, -0.2) is 83.4 Å². The molecule has 0 aromatic heterocycles. The van der Waals surface area contributed by atoms with E-state index in [1.54, 1.807) is 0 Å². The van der Waals surface area contributed by atoms with Crippen LogP contribution in [0.2, 0.25) is 0 Å². The molecule has 4 amide bonds. The fourth-order valence-corrected chi connectivity index (χ4v) is 5.29. The Labute approximate surface area is 192 Å². The molecule has 16 nitrogen and oxygen atoms in total. The lowest BCUT2D eigenvalue weighted by Gasteiger charge is -2.10. The summed E-state index contributed by atoms with van der Waals surface area (Å²) in [5.41, 5.74) is 0. The Balaban J connectivity index is 1.67. The number of hydrogen-bond acceptors (Lipinski definition) is 14. The predicted octanol–water partition coefficient (Wildman–Crippen LogP) is -1.89. The molecule has 2 aliphatic heterocycles. The van der Waals surface area contributed by atoms with Gasteiger partial charge in [0.1, 0.15) is 0 Å². The van der Waals surface area contributed by atoms with E-state index in [4.69, 9.17) is 10.4 Å². The third kappa shape index (κ3) is 6.33. The van der Waals surface area contributed by atoms with Crippen molar-refractivity contribution in [1.29, 1.82) is 0 Å². The Kier molecular flexibility index (Phi) is 8.45. The number of rotatable bonds is 11. The summed E-state index contributed by atoms with van der Waals surface area (Å²) in [4.78, 5) is 68.7. The maximum Gasteiger partial charge on any atom is 0.324 e. The van der Waals surface area contributed by atoms with Crippen molar-refractivity contribution < 1.29 is 64.4 Å². The average Bonchev–Trinajstić information content (AvgIpc) is 3.15. The summed E-state index contributed by atoms with van der Waals surface area (Å²) in [6.45, 7) is 0. The number of carbonyl (C=O) groups excluding carboxylic acids is 6. The fraction of sp³-hybridized carbons (Fsp3) is 0.625. The minimum atomic E-state index is -4.77. The van der Waals surface area contributed by atoms with Gasteiger partial charge in [0.05, 0.1) is 12.8 Å². The van der Waals surface area contributed by atoms with E-state index in [1.165, 1.54) is 0 Å². The molecule has 0 spiro atoms. The van der Waals surface area contributed by atoms with Crippen LogP contribution in [0.1, 0.15) is 51.4 Å². The molecule has 2 N–H and O–H groups in total. The van der Waals surface area contributed by atoms with Crippen molar-refractivity contribution in [3.63, 3.8) is 0 Å². The van der Waals surface area contributed by atoms with Crippen molar-refractivity contribution in [1.82, 2.24) is 10.1 Å². The lowest BCUT2D eigenvalue weighted by atomic mass is 10.1. The van der Waals surface area contributed by atoms with Crippen molar-refractivity contribution in [3.05, 3.63) is 0 Å². The molecule has 18 heteroatoms. The molecule has 2 rings (SSSR count). The van der Waals surface area contributed by atoms with Gasteiger partial charge < -0.3 is 8.37 Å². The van der Waals surface area contributed by atoms with E-state index in [-0.39, 0.29) is 48.7 Å². The Bertz CT molecular complexity index is 1020. The number of nitrogens with zero attached hydrogens (tertiary/aromatic N) is 2. The van der Waals surface area contributed by atoms with Crippen molar-refractivity contribution in [2.45, 2.75) is 61.9 Å². The molecule has 0 bridgehead atoms. The first-order valence-electron chi connectivity index (χ1n) is 9.71. The maximum atomic E-state index is 11.9. The van der Waals surface area contributed by atoms with E-state index in [9.17, 15) is 45.6 Å². The van der Waals surface area contributed by atoms with E-state index in [0.717, 1.165) is 0 Å². The van der Waals surface area contributed by atoms with E-state index in [1.807, 2.05) is 0 Å². The zero-order chi connectivity index (χ0) is 25.8.